The van der Waals surface area contributed by atoms with Crippen molar-refractivity contribution >= 4 is 21.9 Å². The second kappa shape index (κ2) is 7.08. The first-order chi connectivity index (χ1) is 10.1. The van der Waals surface area contributed by atoms with Gasteiger partial charge in [-0.15, -0.1) is 0 Å². The Morgan fingerprint density at radius 3 is 2.48 bits per heavy atom. The minimum absolute atomic E-state index is 0.0751. The van der Waals surface area contributed by atoms with Gasteiger partial charge in [-0.25, -0.2) is 9.18 Å². The van der Waals surface area contributed by atoms with Crippen molar-refractivity contribution in [3.05, 3.63) is 58.3 Å². The van der Waals surface area contributed by atoms with Gasteiger partial charge in [-0.3, -0.25) is 0 Å². The average Bonchev–Trinajstić information content (AvgIpc) is 2.47. The summed E-state index contributed by atoms with van der Waals surface area (Å²) in [6.07, 6.45) is 0. The molecule has 1 N–H and O–H groups in total. The highest BCUT2D eigenvalue weighted by Crippen LogP contribution is 2.22. The number of para-hydroxylation sites is 1. The maximum Gasteiger partial charge on any atom is 0.339 e. The lowest BCUT2D eigenvalue weighted by atomic mass is 10.2. The van der Waals surface area contributed by atoms with E-state index in [9.17, 15) is 9.18 Å². The molecule has 0 amide bonds. The summed E-state index contributed by atoms with van der Waals surface area (Å²) in [5.41, 5.74) is 0.0751. The van der Waals surface area contributed by atoms with Crippen molar-refractivity contribution in [1.29, 1.82) is 0 Å². The zero-order valence-electron chi connectivity index (χ0n) is 10.9. The number of carbonyl (C=O) groups is 1. The fourth-order valence-corrected chi connectivity index (χ4v) is 2.00. The number of hydrogen-bond donors (Lipinski definition) is 1. The molecule has 21 heavy (non-hydrogen) atoms. The number of hydrogen-bond acceptors (Lipinski definition) is 3. The predicted molar refractivity (Wildman–Crippen MR) is 78.5 cm³/mol. The number of carboxylic acids is 1. The summed E-state index contributed by atoms with van der Waals surface area (Å²) in [6.45, 7) is 0.206. The Hall–Kier alpha value is -2.08. The highest BCUT2D eigenvalue weighted by molar-refractivity contribution is 9.10. The molecule has 0 atom stereocenters. The molecular weight excluding hydrogens is 343 g/mol. The third-order valence-electron chi connectivity index (χ3n) is 2.61. The maximum absolute atomic E-state index is 13.4. The first kappa shape index (κ1) is 15.3. The van der Waals surface area contributed by atoms with E-state index in [4.69, 9.17) is 14.6 Å². The van der Waals surface area contributed by atoms with Crippen LogP contribution in [0.1, 0.15) is 10.4 Å². The van der Waals surface area contributed by atoms with Gasteiger partial charge in [0.1, 0.15) is 24.5 Å². The number of carboxylic acid groups (broad SMARTS) is 1. The fourth-order valence-electron chi connectivity index (χ4n) is 1.66. The van der Waals surface area contributed by atoms with E-state index in [1.165, 1.54) is 18.2 Å². The summed E-state index contributed by atoms with van der Waals surface area (Å²) in [7, 11) is 0. The van der Waals surface area contributed by atoms with Gasteiger partial charge >= 0.3 is 5.97 Å². The van der Waals surface area contributed by atoms with Gasteiger partial charge in [-0.1, -0.05) is 28.1 Å². The van der Waals surface area contributed by atoms with Gasteiger partial charge in [-0.2, -0.15) is 0 Å². The van der Waals surface area contributed by atoms with E-state index in [0.717, 1.165) is 0 Å². The number of ether oxygens (including phenoxy) is 2. The summed E-state index contributed by atoms with van der Waals surface area (Å²) in [5, 5.41) is 9.00. The van der Waals surface area contributed by atoms with Crippen LogP contribution in [0.5, 0.6) is 11.5 Å². The van der Waals surface area contributed by atoms with Crippen molar-refractivity contribution in [3.63, 3.8) is 0 Å². The molecule has 4 nitrogen and oxygen atoms in total. The predicted octanol–water partition coefficient (Wildman–Crippen LogP) is 3.74. The highest BCUT2D eigenvalue weighted by Gasteiger charge is 2.10. The van der Waals surface area contributed by atoms with Gasteiger partial charge in [0, 0.05) is 4.47 Å². The van der Waals surface area contributed by atoms with Crippen LogP contribution >= 0.6 is 15.9 Å². The third kappa shape index (κ3) is 4.19. The summed E-state index contributed by atoms with van der Waals surface area (Å²) >= 11 is 3.22. The lowest BCUT2D eigenvalue weighted by Crippen LogP contribution is -2.11. The molecule has 0 heterocycles. The lowest BCUT2D eigenvalue weighted by molar-refractivity contribution is 0.0691. The molecule has 0 unspecified atom stereocenters. The molecule has 0 fully saturated rings. The number of rotatable bonds is 6. The van der Waals surface area contributed by atoms with Gasteiger partial charge in [0.2, 0.25) is 0 Å². The van der Waals surface area contributed by atoms with E-state index in [2.05, 4.69) is 15.9 Å². The van der Waals surface area contributed by atoms with Crippen LogP contribution in [0.15, 0.2) is 46.9 Å². The molecule has 0 saturated carbocycles. The maximum atomic E-state index is 13.4. The van der Waals surface area contributed by atoms with Crippen molar-refractivity contribution in [2.75, 3.05) is 13.2 Å². The van der Waals surface area contributed by atoms with Crippen LogP contribution in [0.2, 0.25) is 0 Å². The molecule has 2 rings (SSSR count). The summed E-state index contributed by atoms with van der Waals surface area (Å²) < 4.78 is 24.7. The van der Waals surface area contributed by atoms with Crippen LogP contribution in [0.25, 0.3) is 0 Å². The number of benzene rings is 2. The van der Waals surface area contributed by atoms with Gasteiger partial charge in [0.15, 0.2) is 11.6 Å². The second-order valence-corrected chi connectivity index (χ2v) is 4.99. The Morgan fingerprint density at radius 1 is 1.10 bits per heavy atom. The van der Waals surface area contributed by atoms with Crippen molar-refractivity contribution < 1.29 is 23.8 Å². The largest absolute Gasteiger partial charge is 0.489 e. The normalized spacial score (nSPS) is 10.2. The zero-order valence-corrected chi connectivity index (χ0v) is 12.5. The molecule has 110 valence electrons. The van der Waals surface area contributed by atoms with E-state index in [1.807, 2.05) is 0 Å². The molecule has 0 aromatic heterocycles. The molecule has 0 aliphatic heterocycles. The van der Waals surface area contributed by atoms with E-state index < -0.39 is 11.8 Å². The van der Waals surface area contributed by atoms with E-state index in [1.54, 1.807) is 24.3 Å². The molecule has 0 spiro atoms. The molecule has 0 aliphatic rings. The summed E-state index contributed by atoms with van der Waals surface area (Å²) in [5.74, 6) is -1.17. The lowest BCUT2D eigenvalue weighted by Gasteiger charge is -2.10. The molecule has 0 aliphatic carbocycles. The number of aromatic carboxylic acids is 1. The zero-order chi connectivity index (χ0) is 15.2. The molecule has 0 radical (unpaired) electrons. The van der Waals surface area contributed by atoms with Gasteiger partial charge in [-0.05, 0) is 30.3 Å². The van der Waals surface area contributed by atoms with Gasteiger partial charge < -0.3 is 14.6 Å². The van der Waals surface area contributed by atoms with Crippen molar-refractivity contribution in [2.24, 2.45) is 0 Å². The third-order valence-corrected chi connectivity index (χ3v) is 3.10. The summed E-state index contributed by atoms with van der Waals surface area (Å²) in [6, 6.07) is 10.7. The Morgan fingerprint density at radius 2 is 1.76 bits per heavy atom. The van der Waals surface area contributed by atoms with Crippen LogP contribution in [0.4, 0.5) is 4.39 Å². The van der Waals surface area contributed by atoms with Crippen LogP contribution in [-0.2, 0) is 0 Å². The Bertz CT molecular complexity index is 645. The van der Waals surface area contributed by atoms with Crippen LogP contribution in [-0.4, -0.2) is 24.3 Å². The smallest absolute Gasteiger partial charge is 0.339 e. The second-order valence-electron chi connectivity index (χ2n) is 4.07. The Labute approximate surface area is 129 Å². The molecule has 0 bridgehead atoms. The fraction of sp³-hybridized carbons (Fsp3) is 0.133. The number of halogens is 2. The molecule has 6 heteroatoms. The molecule has 2 aromatic rings. The average molecular weight is 355 g/mol. The first-order valence-corrected chi connectivity index (χ1v) is 6.90. The SMILES string of the molecule is O=C(O)c1ccccc1OCCOc1cc(Br)ccc1F. The Balaban J connectivity index is 1.91. The van der Waals surface area contributed by atoms with Crippen molar-refractivity contribution in [3.8, 4) is 11.5 Å². The topological polar surface area (TPSA) is 55.8 Å². The highest BCUT2D eigenvalue weighted by atomic mass is 79.9. The van der Waals surface area contributed by atoms with E-state index in [0.29, 0.717) is 4.47 Å². The van der Waals surface area contributed by atoms with Crippen molar-refractivity contribution in [1.82, 2.24) is 0 Å². The quantitative estimate of drug-likeness (QED) is 0.802. The van der Waals surface area contributed by atoms with Gasteiger partial charge in [0.25, 0.3) is 0 Å². The van der Waals surface area contributed by atoms with Gasteiger partial charge in [0.05, 0.1) is 0 Å². The first-order valence-electron chi connectivity index (χ1n) is 6.11. The van der Waals surface area contributed by atoms with Crippen LogP contribution in [0.3, 0.4) is 0 Å². The minimum atomic E-state index is -1.07. The molecule has 0 saturated heterocycles. The molecular formula is C15H12BrFO4. The van der Waals surface area contributed by atoms with Crippen LogP contribution in [0, 0.1) is 5.82 Å². The molecule has 2 aromatic carbocycles. The summed E-state index contributed by atoms with van der Waals surface area (Å²) in [4.78, 5) is 11.0. The standard InChI is InChI=1S/C15H12BrFO4/c16-10-5-6-12(17)14(9-10)21-8-7-20-13-4-2-1-3-11(13)15(18)19/h1-6,9H,7-8H2,(H,18,19). The monoisotopic (exact) mass is 354 g/mol. The van der Waals surface area contributed by atoms with E-state index in [-0.39, 0.29) is 30.3 Å². The van der Waals surface area contributed by atoms with E-state index >= 15 is 0 Å². The van der Waals surface area contributed by atoms with Crippen LogP contribution < -0.4 is 9.47 Å². The van der Waals surface area contributed by atoms with Crippen molar-refractivity contribution in [2.45, 2.75) is 0 Å². The minimum Gasteiger partial charge on any atom is -0.489 e. The Kier molecular flexibility index (Phi) is 5.16.